The summed E-state index contributed by atoms with van der Waals surface area (Å²) >= 11 is 0. The highest BCUT2D eigenvalue weighted by Gasteiger charge is 2.32. The number of morpholine rings is 1. The lowest BCUT2D eigenvalue weighted by atomic mass is 10.0. The van der Waals surface area contributed by atoms with Crippen molar-refractivity contribution in [2.24, 2.45) is 0 Å². The molecule has 0 saturated carbocycles. The van der Waals surface area contributed by atoms with Crippen LogP contribution in [0.4, 0.5) is 5.82 Å². The zero-order chi connectivity index (χ0) is 23.7. The number of amides is 1. The molecular weight excluding hydrogens is 434 g/mol. The van der Waals surface area contributed by atoms with E-state index in [1.807, 2.05) is 50.2 Å². The van der Waals surface area contributed by atoms with E-state index in [0.717, 1.165) is 5.56 Å². The Labute approximate surface area is 197 Å². The maximum Gasteiger partial charge on any atom is 0.243 e. The number of carbonyl (C=O) groups is 1. The van der Waals surface area contributed by atoms with E-state index in [9.17, 15) is 10.1 Å². The Morgan fingerprint density at radius 3 is 2.56 bits per heavy atom. The van der Waals surface area contributed by atoms with Gasteiger partial charge in [-0.2, -0.15) is 5.26 Å². The van der Waals surface area contributed by atoms with Crippen LogP contribution in [-0.4, -0.2) is 48.0 Å². The molecule has 0 unspecified atom stereocenters. The highest BCUT2D eigenvalue weighted by molar-refractivity contribution is 5.88. The molecule has 2 aliphatic rings. The van der Waals surface area contributed by atoms with E-state index in [-0.39, 0.29) is 25.5 Å². The molecule has 34 heavy (non-hydrogen) atoms. The first-order chi connectivity index (χ1) is 16.5. The van der Waals surface area contributed by atoms with Gasteiger partial charge in [0, 0.05) is 19.6 Å². The molecule has 9 heteroatoms. The maximum atomic E-state index is 13.2. The van der Waals surface area contributed by atoms with Crippen molar-refractivity contribution in [1.29, 1.82) is 5.26 Å². The van der Waals surface area contributed by atoms with Gasteiger partial charge in [0.25, 0.3) is 0 Å². The van der Waals surface area contributed by atoms with Crippen LogP contribution in [0.3, 0.4) is 0 Å². The lowest BCUT2D eigenvalue weighted by molar-refractivity contribution is -0.121. The SMILES string of the molecule is C[C@@H]1CN(c2nc3ccccc3nc2[C@H](C#N)C(=O)NCc2ccc3c(c2)OCO3)C[C@H](C)O1. The predicted octanol–water partition coefficient (Wildman–Crippen LogP) is 2.90. The van der Waals surface area contributed by atoms with E-state index in [0.29, 0.717) is 47.1 Å². The van der Waals surface area contributed by atoms with E-state index >= 15 is 0 Å². The van der Waals surface area contributed by atoms with Crippen molar-refractivity contribution >= 4 is 22.8 Å². The summed E-state index contributed by atoms with van der Waals surface area (Å²) in [5.41, 5.74) is 2.55. The number of anilines is 1. The quantitative estimate of drug-likeness (QED) is 0.620. The zero-order valence-electron chi connectivity index (χ0n) is 19.0. The number of benzene rings is 2. The molecule has 2 aliphatic heterocycles. The smallest absolute Gasteiger partial charge is 0.243 e. The molecule has 1 fully saturated rings. The molecule has 9 nitrogen and oxygen atoms in total. The summed E-state index contributed by atoms with van der Waals surface area (Å²) in [5, 5.41) is 12.9. The fraction of sp³-hybridized carbons (Fsp3) is 0.360. The van der Waals surface area contributed by atoms with E-state index in [2.05, 4.69) is 16.3 Å². The average Bonchev–Trinajstić information content (AvgIpc) is 3.30. The van der Waals surface area contributed by atoms with E-state index < -0.39 is 11.8 Å². The fourth-order valence-corrected chi connectivity index (χ4v) is 4.37. The summed E-state index contributed by atoms with van der Waals surface area (Å²) in [6.07, 6.45) is -0.0181. The number of para-hydroxylation sites is 2. The van der Waals surface area contributed by atoms with Gasteiger partial charge < -0.3 is 24.4 Å². The topological polar surface area (TPSA) is 110 Å². The van der Waals surface area contributed by atoms with E-state index in [1.165, 1.54) is 0 Å². The molecule has 3 aromatic rings. The number of ether oxygens (including phenoxy) is 3. The second-order valence-corrected chi connectivity index (χ2v) is 8.55. The summed E-state index contributed by atoms with van der Waals surface area (Å²) in [7, 11) is 0. The van der Waals surface area contributed by atoms with Crippen LogP contribution in [0.1, 0.15) is 31.0 Å². The van der Waals surface area contributed by atoms with E-state index in [1.54, 1.807) is 6.07 Å². The number of nitrogens with zero attached hydrogens (tertiary/aromatic N) is 4. The minimum Gasteiger partial charge on any atom is -0.454 e. The lowest BCUT2D eigenvalue weighted by Gasteiger charge is -2.37. The Hall–Kier alpha value is -3.90. The molecule has 5 rings (SSSR count). The number of fused-ring (bicyclic) bond motifs is 2. The van der Waals surface area contributed by atoms with Gasteiger partial charge in [0.05, 0.1) is 29.3 Å². The number of rotatable bonds is 5. The second kappa shape index (κ2) is 9.15. The van der Waals surface area contributed by atoms with Crippen LogP contribution in [0.25, 0.3) is 11.0 Å². The summed E-state index contributed by atoms with van der Waals surface area (Å²) < 4.78 is 16.6. The minimum atomic E-state index is -1.12. The zero-order valence-corrected chi connectivity index (χ0v) is 19.0. The maximum absolute atomic E-state index is 13.2. The van der Waals surface area contributed by atoms with Crippen molar-refractivity contribution in [2.45, 2.75) is 38.5 Å². The van der Waals surface area contributed by atoms with Gasteiger partial charge in [-0.15, -0.1) is 0 Å². The highest BCUT2D eigenvalue weighted by Crippen LogP contribution is 2.33. The summed E-state index contributed by atoms with van der Waals surface area (Å²) in [5.74, 6) is 0.317. The third-order valence-electron chi connectivity index (χ3n) is 5.87. The number of aromatic nitrogens is 2. The normalized spacial score (nSPS) is 20.1. The van der Waals surface area contributed by atoms with Crippen molar-refractivity contribution in [3.63, 3.8) is 0 Å². The van der Waals surface area contributed by atoms with Gasteiger partial charge in [0.15, 0.2) is 23.2 Å². The van der Waals surface area contributed by atoms with Gasteiger partial charge in [0.1, 0.15) is 5.69 Å². The summed E-state index contributed by atoms with van der Waals surface area (Å²) in [6.45, 7) is 5.62. The summed E-state index contributed by atoms with van der Waals surface area (Å²) in [6, 6.07) is 15.1. The van der Waals surface area contributed by atoms with Gasteiger partial charge in [0.2, 0.25) is 12.7 Å². The van der Waals surface area contributed by atoms with Crippen LogP contribution in [0.15, 0.2) is 42.5 Å². The highest BCUT2D eigenvalue weighted by atomic mass is 16.7. The Bertz CT molecular complexity index is 1260. The fourth-order valence-electron chi connectivity index (χ4n) is 4.37. The number of hydrogen-bond donors (Lipinski definition) is 1. The Morgan fingerprint density at radius 2 is 1.82 bits per heavy atom. The molecule has 0 aliphatic carbocycles. The molecule has 1 aromatic heterocycles. The summed E-state index contributed by atoms with van der Waals surface area (Å²) in [4.78, 5) is 24.8. The first-order valence-electron chi connectivity index (χ1n) is 11.2. The third-order valence-corrected chi connectivity index (χ3v) is 5.87. The lowest BCUT2D eigenvalue weighted by Crippen LogP contribution is -2.46. The van der Waals surface area contributed by atoms with Crippen LogP contribution < -0.4 is 19.7 Å². The number of nitrogens with one attached hydrogen (secondary N) is 1. The van der Waals surface area contributed by atoms with Gasteiger partial charge >= 0.3 is 0 Å². The first kappa shape index (κ1) is 21.9. The molecule has 174 valence electrons. The molecule has 1 N–H and O–H groups in total. The largest absolute Gasteiger partial charge is 0.454 e. The Balaban J connectivity index is 1.44. The van der Waals surface area contributed by atoms with Crippen LogP contribution in [0, 0.1) is 11.3 Å². The number of nitriles is 1. The molecule has 3 atom stereocenters. The van der Waals surface area contributed by atoms with Crippen LogP contribution in [0.2, 0.25) is 0 Å². The van der Waals surface area contributed by atoms with Crippen molar-refractivity contribution in [2.75, 3.05) is 24.8 Å². The van der Waals surface area contributed by atoms with Crippen LogP contribution in [-0.2, 0) is 16.1 Å². The molecule has 0 radical (unpaired) electrons. The van der Waals surface area contributed by atoms with Crippen molar-refractivity contribution < 1.29 is 19.0 Å². The average molecular weight is 460 g/mol. The molecular formula is C25H25N5O4. The molecule has 3 heterocycles. The minimum absolute atomic E-state index is 0.00904. The molecule has 1 saturated heterocycles. The van der Waals surface area contributed by atoms with Gasteiger partial charge in [-0.25, -0.2) is 9.97 Å². The van der Waals surface area contributed by atoms with Gasteiger partial charge in [-0.3, -0.25) is 4.79 Å². The molecule has 0 bridgehead atoms. The third kappa shape index (κ3) is 4.32. The molecule has 2 aromatic carbocycles. The van der Waals surface area contributed by atoms with Crippen LogP contribution in [0.5, 0.6) is 11.5 Å². The van der Waals surface area contributed by atoms with Crippen molar-refractivity contribution in [3.8, 4) is 17.6 Å². The van der Waals surface area contributed by atoms with Crippen molar-refractivity contribution in [1.82, 2.24) is 15.3 Å². The standard InChI is InChI=1S/C25H25N5O4/c1-15-12-30(13-16(2)34-15)24-23(28-19-5-3-4-6-20(19)29-24)18(10-26)25(31)27-11-17-7-8-21-22(9-17)33-14-32-21/h3-9,15-16,18H,11-14H2,1-2H3,(H,27,31)/t15-,16+,18-/m0/s1. The Kier molecular flexibility index (Phi) is 5.90. The predicted molar refractivity (Wildman–Crippen MR) is 125 cm³/mol. The number of hydrogen-bond acceptors (Lipinski definition) is 8. The van der Waals surface area contributed by atoms with Gasteiger partial charge in [-0.1, -0.05) is 18.2 Å². The number of carbonyl (C=O) groups excluding carboxylic acids is 1. The Morgan fingerprint density at radius 1 is 1.12 bits per heavy atom. The van der Waals surface area contributed by atoms with Gasteiger partial charge in [-0.05, 0) is 43.7 Å². The molecule has 0 spiro atoms. The van der Waals surface area contributed by atoms with E-state index in [4.69, 9.17) is 24.2 Å². The first-order valence-corrected chi connectivity index (χ1v) is 11.2. The molecule has 1 amide bonds. The van der Waals surface area contributed by atoms with Crippen LogP contribution >= 0.6 is 0 Å². The monoisotopic (exact) mass is 459 g/mol. The second-order valence-electron chi connectivity index (χ2n) is 8.55. The van der Waals surface area contributed by atoms with Crippen molar-refractivity contribution in [3.05, 3.63) is 53.7 Å².